The molecule has 0 radical (unpaired) electrons. The van der Waals surface area contributed by atoms with Gasteiger partial charge in [0.25, 0.3) is 0 Å². The van der Waals surface area contributed by atoms with E-state index in [1.807, 2.05) is 0 Å². The van der Waals surface area contributed by atoms with Crippen LogP contribution < -0.4 is 9.64 Å². The van der Waals surface area contributed by atoms with Gasteiger partial charge < -0.3 is 14.7 Å². The van der Waals surface area contributed by atoms with Crippen molar-refractivity contribution in [1.29, 1.82) is 0 Å². The monoisotopic (exact) mass is 379 g/mol. The fraction of sp³-hybridized carbons (Fsp3) is 0.263. The Labute approximate surface area is 153 Å². The minimum atomic E-state index is -4.37. The lowest BCUT2D eigenvalue weighted by molar-refractivity contribution is -0.145. The van der Waals surface area contributed by atoms with Crippen LogP contribution in [0.25, 0.3) is 0 Å². The SMILES string of the molecule is O=C(O)C1CCN(c2ccc(OCc3ccc(C(F)(F)F)cc3)cc2)C1=O. The van der Waals surface area contributed by atoms with Crippen molar-refractivity contribution >= 4 is 17.6 Å². The summed E-state index contributed by atoms with van der Waals surface area (Å²) in [5, 5.41) is 9.00. The number of rotatable bonds is 5. The standard InChI is InChI=1S/C19H16F3NO4/c20-19(21,22)13-3-1-12(2-4-13)11-27-15-7-5-14(6-8-15)23-10-9-16(17(23)24)18(25)26/h1-8,16H,9-11H2,(H,25,26). The van der Waals surface area contributed by atoms with Gasteiger partial charge >= 0.3 is 12.1 Å². The van der Waals surface area contributed by atoms with E-state index in [2.05, 4.69) is 0 Å². The van der Waals surface area contributed by atoms with Crippen molar-refractivity contribution in [2.24, 2.45) is 5.92 Å². The Balaban J connectivity index is 1.60. The van der Waals surface area contributed by atoms with E-state index in [0.717, 1.165) is 12.1 Å². The molecular formula is C19H16F3NO4. The van der Waals surface area contributed by atoms with Crippen LogP contribution in [-0.4, -0.2) is 23.5 Å². The lowest BCUT2D eigenvalue weighted by atomic mass is 10.1. The fourth-order valence-corrected chi connectivity index (χ4v) is 2.84. The third kappa shape index (κ3) is 4.21. The predicted octanol–water partition coefficient (Wildman–Crippen LogP) is 3.72. The first-order chi connectivity index (χ1) is 12.8. The van der Waals surface area contributed by atoms with Crippen LogP contribution in [0, 0.1) is 5.92 Å². The number of amides is 1. The van der Waals surface area contributed by atoms with E-state index in [0.29, 0.717) is 23.5 Å². The normalized spacial score (nSPS) is 17.2. The quantitative estimate of drug-likeness (QED) is 0.804. The molecule has 1 amide bonds. The third-order valence-corrected chi connectivity index (χ3v) is 4.34. The minimum absolute atomic E-state index is 0.0984. The number of halogens is 3. The summed E-state index contributed by atoms with van der Waals surface area (Å²) in [7, 11) is 0. The maximum atomic E-state index is 12.5. The Morgan fingerprint density at radius 3 is 2.26 bits per heavy atom. The first kappa shape index (κ1) is 18.8. The van der Waals surface area contributed by atoms with Crippen molar-refractivity contribution in [3.8, 4) is 5.75 Å². The highest BCUT2D eigenvalue weighted by Crippen LogP contribution is 2.30. The van der Waals surface area contributed by atoms with Gasteiger partial charge in [-0.3, -0.25) is 9.59 Å². The lowest BCUT2D eigenvalue weighted by Gasteiger charge is -2.16. The maximum absolute atomic E-state index is 12.5. The first-order valence-corrected chi connectivity index (χ1v) is 8.19. The van der Waals surface area contributed by atoms with Crippen molar-refractivity contribution in [2.45, 2.75) is 19.2 Å². The molecule has 8 heteroatoms. The Hall–Kier alpha value is -3.03. The van der Waals surface area contributed by atoms with Crippen LogP contribution in [0.4, 0.5) is 18.9 Å². The zero-order chi connectivity index (χ0) is 19.6. The first-order valence-electron chi connectivity index (χ1n) is 8.19. The highest BCUT2D eigenvalue weighted by Gasteiger charge is 2.37. The smallest absolute Gasteiger partial charge is 0.416 e. The van der Waals surface area contributed by atoms with Crippen molar-refractivity contribution < 1.29 is 32.6 Å². The molecular weight excluding hydrogens is 363 g/mol. The molecule has 3 rings (SSSR count). The van der Waals surface area contributed by atoms with Gasteiger partial charge in [-0.2, -0.15) is 13.2 Å². The molecule has 1 aliphatic heterocycles. The summed E-state index contributed by atoms with van der Waals surface area (Å²) in [6.45, 7) is 0.433. The van der Waals surface area contributed by atoms with Crippen LogP contribution >= 0.6 is 0 Å². The summed E-state index contributed by atoms with van der Waals surface area (Å²) in [6, 6.07) is 11.2. The molecule has 0 aromatic heterocycles. The van der Waals surface area contributed by atoms with Gasteiger partial charge in [0, 0.05) is 12.2 Å². The van der Waals surface area contributed by atoms with Crippen LogP contribution in [0.5, 0.6) is 5.75 Å². The number of hydrogen-bond acceptors (Lipinski definition) is 3. The Morgan fingerprint density at radius 1 is 1.11 bits per heavy atom. The molecule has 0 aliphatic carbocycles. The number of carbonyl (C=O) groups excluding carboxylic acids is 1. The van der Waals surface area contributed by atoms with E-state index < -0.39 is 29.5 Å². The average Bonchev–Trinajstić information content (AvgIpc) is 3.02. The van der Waals surface area contributed by atoms with E-state index in [4.69, 9.17) is 9.84 Å². The Morgan fingerprint density at radius 2 is 1.74 bits per heavy atom. The molecule has 0 bridgehead atoms. The minimum Gasteiger partial charge on any atom is -0.489 e. The van der Waals surface area contributed by atoms with Gasteiger partial charge in [0.2, 0.25) is 5.91 Å². The van der Waals surface area contributed by atoms with Crippen LogP contribution in [0.2, 0.25) is 0 Å². The average molecular weight is 379 g/mol. The molecule has 2 aromatic carbocycles. The van der Waals surface area contributed by atoms with E-state index in [1.54, 1.807) is 24.3 Å². The van der Waals surface area contributed by atoms with Crippen LogP contribution in [-0.2, 0) is 22.4 Å². The van der Waals surface area contributed by atoms with Crippen LogP contribution in [0.3, 0.4) is 0 Å². The predicted molar refractivity (Wildman–Crippen MR) is 90.3 cm³/mol. The fourth-order valence-electron chi connectivity index (χ4n) is 2.84. The molecule has 27 heavy (non-hydrogen) atoms. The van der Waals surface area contributed by atoms with E-state index in [1.165, 1.54) is 17.0 Å². The molecule has 1 atom stereocenters. The molecule has 1 N–H and O–H groups in total. The number of anilines is 1. The number of hydrogen-bond donors (Lipinski definition) is 1. The van der Waals surface area contributed by atoms with E-state index in [-0.39, 0.29) is 13.0 Å². The van der Waals surface area contributed by atoms with E-state index in [9.17, 15) is 22.8 Å². The summed E-state index contributed by atoms with van der Waals surface area (Å²) < 4.78 is 43.2. The van der Waals surface area contributed by atoms with Gasteiger partial charge in [-0.25, -0.2) is 0 Å². The molecule has 1 saturated heterocycles. The highest BCUT2D eigenvalue weighted by atomic mass is 19.4. The number of ether oxygens (including phenoxy) is 1. The van der Waals surface area contributed by atoms with Crippen molar-refractivity contribution in [1.82, 2.24) is 0 Å². The zero-order valence-corrected chi connectivity index (χ0v) is 14.1. The van der Waals surface area contributed by atoms with Gasteiger partial charge in [0.05, 0.1) is 5.56 Å². The number of benzene rings is 2. The zero-order valence-electron chi connectivity index (χ0n) is 14.1. The lowest BCUT2D eigenvalue weighted by Crippen LogP contribution is -2.29. The molecule has 0 saturated carbocycles. The van der Waals surface area contributed by atoms with Crippen molar-refractivity contribution in [2.75, 3.05) is 11.4 Å². The van der Waals surface area contributed by atoms with Crippen molar-refractivity contribution in [3.05, 3.63) is 59.7 Å². The maximum Gasteiger partial charge on any atom is 0.416 e. The second-order valence-electron chi connectivity index (χ2n) is 6.15. The Bertz CT molecular complexity index is 832. The summed E-state index contributed by atoms with van der Waals surface area (Å²) in [5.74, 6) is -2.10. The molecule has 1 aliphatic rings. The number of carbonyl (C=O) groups is 2. The molecule has 142 valence electrons. The molecule has 2 aromatic rings. The number of nitrogens with zero attached hydrogens (tertiary/aromatic N) is 1. The summed E-state index contributed by atoms with van der Waals surface area (Å²) >= 11 is 0. The highest BCUT2D eigenvalue weighted by molar-refractivity contribution is 6.07. The summed E-state index contributed by atoms with van der Waals surface area (Å²) in [4.78, 5) is 24.5. The molecule has 1 fully saturated rings. The van der Waals surface area contributed by atoms with E-state index >= 15 is 0 Å². The Kier molecular flexibility index (Phi) is 5.07. The van der Waals surface area contributed by atoms with Gasteiger partial charge in [0.15, 0.2) is 0 Å². The molecule has 0 spiro atoms. The van der Waals surface area contributed by atoms with Crippen LogP contribution in [0.15, 0.2) is 48.5 Å². The van der Waals surface area contributed by atoms with Gasteiger partial charge in [0.1, 0.15) is 18.3 Å². The number of aliphatic carboxylic acids is 1. The number of alkyl halides is 3. The largest absolute Gasteiger partial charge is 0.489 e. The van der Waals surface area contributed by atoms with Gasteiger partial charge in [-0.1, -0.05) is 12.1 Å². The molecule has 1 unspecified atom stereocenters. The number of carboxylic acids is 1. The molecule has 1 heterocycles. The second kappa shape index (κ2) is 7.30. The third-order valence-electron chi connectivity index (χ3n) is 4.34. The molecule has 5 nitrogen and oxygen atoms in total. The second-order valence-corrected chi connectivity index (χ2v) is 6.15. The topological polar surface area (TPSA) is 66.8 Å². The van der Waals surface area contributed by atoms with Crippen LogP contribution in [0.1, 0.15) is 17.5 Å². The van der Waals surface area contributed by atoms with Crippen molar-refractivity contribution in [3.63, 3.8) is 0 Å². The number of carboxylic acid groups (broad SMARTS) is 1. The van der Waals surface area contributed by atoms with Gasteiger partial charge in [-0.05, 0) is 48.4 Å². The van der Waals surface area contributed by atoms with Gasteiger partial charge in [-0.15, -0.1) is 0 Å². The summed E-state index contributed by atoms with van der Waals surface area (Å²) in [5.41, 5.74) is 0.447. The summed E-state index contributed by atoms with van der Waals surface area (Å²) in [6.07, 6.45) is -4.11.